The predicted octanol–water partition coefficient (Wildman–Crippen LogP) is 1.16. The molecule has 4 rings (SSSR count). The minimum absolute atomic E-state index is 0.0665. The summed E-state index contributed by atoms with van der Waals surface area (Å²) in [5.74, 6) is -0.0988. The van der Waals surface area contributed by atoms with E-state index in [1.165, 1.54) is 4.90 Å². The fourth-order valence-corrected chi connectivity index (χ4v) is 3.96. The summed E-state index contributed by atoms with van der Waals surface area (Å²) < 4.78 is 58.0. The Labute approximate surface area is 184 Å². The van der Waals surface area contributed by atoms with E-state index in [9.17, 15) is 22.2 Å². The first-order chi connectivity index (χ1) is 15.2. The first kappa shape index (κ1) is 22.1. The third-order valence-electron chi connectivity index (χ3n) is 4.93. The van der Waals surface area contributed by atoms with Crippen LogP contribution >= 0.6 is 0 Å². The number of hydrogen-bond donors (Lipinski definition) is 0. The highest BCUT2D eigenvalue weighted by Crippen LogP contribution is 2.26. The average Bonchev–Trinajstić information content (AvgIpc) is 3.06. The Bertz CT molecular complexity index is 984. The zero-order valence-corrected chi connectivity index (χ0v) is 17.6. The van der Waals surface area contributed by atoms with Crippen molar-refractivity contribution in [2.75, 3.05) is 42.3 Å². The van der Waals surface area contributed by atoms with E-state index in [1.807, 2.05) is 4.90 Å². The van der Waals surface area contributed by atoms with Gasteiger partial charge in [-0.1, -0.05) is 0 Å². The molecule has 170 valence electrons. The number of rotatable bonds is 7. The normalized spacial score (nSPS) is 20.0. The lowest BCUT2D eigenvalue weighted by molar-refractivity contribution is -0.154. The molecule has 2 fully saturated rings. The topological polar surface area (TPSA) is 97.8 Å². The minimum atomic E-state index is -4.49. The molecule has 0 N–H and O–H groups in total. The molecule has 0 spiro atoms. The second kappa shape index (κ2) is 8.78. The molecular weight excluding hydrogens is 451 g/mol. The standard InChI is InChI=1S/C19H18F3N5O4S/c1-32(29)14-9-26(10-14)18-24-6-12(7-25-18)27-5-4-15(17(27)28)31-13-2-3-16(23-8-13)30-11-19(20,21)22/h6-8,14-15H,4-5,9-11H2,1H3/t15-,32?/m1/s1. The van der Waals surface area contributed by atoms with Gasteiger partial charge in [0.15, 0.2) is 18.5 Å². The van der Waals surface area contributed by atoms with Gasteiger partial charge in [-0.15, -0.1) is 0 Å². The molecule has 2 aromatic rings. The van der Waals surface area contributed by atoms with E-state index in [1.54, 1.807) is 18.6 Å². The summed E-state index contributed by atoms with van der Waals surface area (Å²) in [5, 5.41) is 0.116. The Hall–Kier alpha value is -3.14. The largest absolute Gasteiger partial charge is 0.471 e. The van der Waals surface area contributed by atoms with Gasteiger partial charge in [-0.3, -0.25) is 9.00 Å². The molecule has 0 aromatic carbocycles. The van der Waals surface area contributed by atoms with Crippen molar-refractivity contribution in [1.82, 2.24) is 15.0 Å². The lowest BCUT2D eigenvalue weighted by atomic mass is 10.2. The van der Waals surface area contributed by atoms with Gasteiger partial charge < -0.3 is 19.3 Å². The minimum Gasteiger partial charge on any atom is -0.471 e. The fraction of sp³-hybridized carbons (Fsp3) is 0.474. The van der Waals surface area contributed by atoms with Crippen LogP contribution in [-0.4, -0.2) is 75.1 Å². The van der Waals surface area contributed by atoms with Crippen molar-refractivity contribution in [1.29, 1.82) is 0 Å². The summed E-state index contributed by atoms with van der Waals surface area (Å²) in [6, 6.07) is 4.82. The van der Waals surface area contributed by atoms with Crippen LogP contribution in [-0.2, 0) is 15.6 Å². The molecule has 1 unspecified atom stereocenters. The first-order valence-corrected chi connectivity index (χ1v) is 11.2. The maximum atomic E-state index is 12.7. The number of carbonyl (C=O) groups is 1. The molecule has 2 aliphatic heterocycles. The Kier molecular flexibility index (Phi) is 6.05. The summed E-state index contributed by atoms with van der Waals surface area (Å²) in [4.78, 5) is 28.4. The van der Waals surface area contributed by atoms with Gasteiger partial charge in [0.1, 0.15) is 0 Å². The first-order valence-electron chi connectivity index (χ1n) is 9.56. The number of alkyl halides is 3. The Morgan fingerprint density at radius 2 is 1.91 bits per heavy atom. The Morgan fingerprint density at radius 3 is 2.50 bits per heavy atom. The van der Waals surface area contributed by atoms with Crippen molar-refractivity contribution >= 4 is 28.3 Å². The monoisotopic (exact) mass is 469 g/mol. The molecule has 0 aliphatic carbocycles. The van der Waals surface area contributed by atoms with Crippen molar-refractivity contribution in [2.45, 2.75) is 24.0 Å². The van der Waals surface area contributed by atoms with E-state index in [-0.39, 0.29) is 22.8 Å². The van der Waals surface area contributed by atoms with E-state index >= 15 is 0 Å². The second-order valence-corrected chi connectivity index (χ2v) is 8.90. The van der Waals surface area contributed by atoms with Crippen molar-refractivity contribution in [3.05, 3.63) is 30.7 Å². The van der Waals surface area contributed by atoms with Crippen molar-refractivity contribution in [3.63, 3.8) is 0 Å². The molecule has 2 aromatic heterocycles. The third-order valence-corrected chi connectivity index (χ3v) is 6.16. The molecule has 2 aliphatic rings. The van der Waals surface area contributed by atoms with Crippen LogP contribution in [0.15, 0.2) is 18.6 Å². The summed E-state index contributed by atoms with van der Waals surface area (Å²) in [5.41, 5.74) is 0.519. The summed E-state index contributed by atoms with van der Waals surface area (Å²) in [7, 11) is -0.882. The van der Waals surface area contributed by atoms with Gasteiger partial charge in [-0.05, 0) is 6.07 Å². The van der Waals surface area contributed by atoms with Crippen LogP contribution in [0.4, 0.5) is 24.8 Å². The molecule has 0 bridgehead atoms. The van der Waals surface area contributed by atoms with Gasteiger partial charge in [0.2, 0.25) is 5.95 Å². The van der Waals surface area contributed by atoms with Crippen molar-refractivity contribution < 1.29 is 31.6 Å². The predicted molar refractivity (Wildman–Crippen MR) is 107 cm³/mol. The van der Waals surface area contributed by atoms with Crippen LogP contribution < -0.4 is 19.3 Å². The molecule has 13 heteroatoms. The average molecular weight is 469 g/mol. The fourth-order valence-electron chi connectivity index (χ4n) is 3.18. The van der Waals surface area contributed by atoms with Crippen LogP contribution in [0.1, 0.15) is 6.42 Å². The van der Waals surface area contributed by atoms with Crippen LogP contribution in [0.25, 0.3) is 0 Å². The van der Waals surface area contributed by atoms with Gasteiger partial charge in [0.25, 0.3) is 11.8 Å². The van der Waals surface area contributed by atoms with E-state index in [0.29, 0.717) is 37.7 Å². The number of halogens is 3. The second-order valence-electron chi connectivity index (χ2n) is 7.23. The zero-order valence-electron chi connectivity index (χ0n) is 16.8. The maximum Gasteiger partial charge on any atom is 0.422 e. The molecule has 2 atom stereocenters. The highest BCUT2D eigenvalue weighted by molar-refractivity contribution is 7.85. The molecule has 1 amide bonds. The van der Waals surface area contributed by atoms with Crippen molar-refractivity contribution in [3.8, 4) is 11.6 Å². The highest BCUT2D eigenvalue weighted by Gasteiger charge is 2.36. The zero-order chi connectivity index (χ0) is 22.9. The third kappa shape index (κ3) is 5.01. The van der Waals surface area contributed by atoms with Crippen molar-refractivity contribution in [2.24, 2.45) is 0 Å². The Morgan fingerprint density at radius 1 is 1.19 bits per heavy atom. The molecule has 0 radical (unpaired) electrons. The van der Waals surface area contributed by atoms with Gasteiger partial charge in [-0.2, -0.15) is 13.2 Å². The van der Waals surface area contributed by atoms with E-state index in [0.717, 1.165) is 6.20 Å². The quantitative estimate of drug-likeness (QED) is 0.596. The Balaban J connectivity index is 1.31. The number of ether oxygens (including phenoxy) is 2. The molecule has 32 heavy (non-hydrogen) atoms. The van der Waals surface area contributed by atoms with E-state index in [2.05, 4.69) is 31.8 Å². The lowest BCUT2D eigenvalue weighted by Crippen LogP contribution is -2.53. The number of amides is 1. The number of carbonyl (C=O) groups excluding carboxylic acids is 1. The van der Waals surface area contributed by atoms with Crippen LogP contribution in [0.3, 0.4) is 0 Å². The lowest BCUT2D eigenvalue weighted by Gasteiger charge is -2.37. The summed E-state index contributed by atoms with van der Waals surface area (Å²) in [6.07, 6.45) is 0.987. The van der Waals surface area contributed by atoms with E-state index < -0.39 is 29.7 Å². The molecule has 2 saturated heterocycles. The van der Waals surface area contributed by atoms with E-state index in [4.69, 9.17) is 4.74 Å². The van der Waals surface area contributed by atoms with Gasteiger partial charge in [0, 0.05) is 49.2 Å². The number of nitrogens with zero attached hydrogens (tertiary/aromatic N) is 5. The molecule has 9 nitrogen and oxygen atoms in total. The van der Waals surface area contributed by atoms with Gasteiger partial charge in [-0.25, -0.2) is 15.0 Å². The SMILES string of the molecule is CS(=O)C1CN(c2ncc(N3CC[C@@H](Oc4c#cc(OCC(F)(F)F)nc4)C3=O)cn2)C1. The van der Waals surface area contributed by atoms with Gasteiger partial charge in [0.05, 0.1) is 29.5 Å². The van der Waals surface area contributed by atoms with Crippen LogP contribution in [0, 0.1) is 12.1 Å². The van der Waals surface area contributed by atoms with Crippen LogP contribution in [0.2, 0.25) is 0 Å². The summed E-state index contributed by atoms with van der Waals surface area (Å²) in [6.45, 7) is 0.153. The highest BCUT2D eigenvalue weighted by atomic mass is 32.2. The number of anilines is 2. The number of aromatic nitrogens is 3. The smallest absolute Gasteiger partial charge is 0.422 e. The molecule has 0 saturated carbocycles. The molecular formula is C19H18F3N5O4S. The molecule has 4 heterocycles. The number of hydrogen-bond acceptors (Lipinski definition) is 8. The summed E-state index contributed by atoms with van der Waals surface area (Å²) >= 11 is 0. The van der Waals surface area contributed by atoms with Crippen LogP contribution in [0.5, 0.6) is 11.6 Å². The van der Waals surface area contributed by atoms with Gasteiger partial charge >= 0.3 is 6.18 Å². The maximum absolute atomic E-state index is 12.7.